The van der Waals surface area contributed by atoms with Gasteiger partial charge < -0.3 is 26.4 Å². The summed E-state index contributed by atoms with van der Waals surface area (Å²) in [6, 6.07) is 8.37. The number of allylic oxidation sites excluding steroid dienone is 1. The summed E-state index contributed by atoms with van der Waals surface area (Å²) < 4.78 is 0. The second-order valence-corrected chi connectivity index (χ2v) is 16.5. The van der Waals surface area contributed by atoms with Crippen molar-refractivity contribution < 1.29 is 29.1 Å². The highest BCUT2D eigenvalue weighted by atomic mass is 32.2. The van der Waals surface area contributed by atoms with Crippen LogP contribution in [-0.4, -0.2) is 88.0 Å². The number of nitrogens with one attached hydrogen (secondary N) is 5. The number of aliphatic hydroxyl groups excluding tert-OH is 1. The van der Waals surface area contributed by atoms with Gasteiger partial charge in [0, 0.05) is 43.4 Å². The van der Waals surface area contributed by atoms with Gasteiger partial charge in [0.25, 0.3) is 0 Å². The molecule has 4 atom stereocenters. The molecule has 308 valence electrons. The predicted molar refractivity (Wildman–Crippen MR) is 221 cm³/mol. The molecule has 0 radical (unpaired) electrons. The normalized spacial score (nSPS) is 22.1. The van der Waals surface area contributed by atoms with Gasteiger partial charge in [-0.3, -0.25) is 34.2 Å². The molecule has 0 spiro atoms. The molecule has 1 aromatic rings. The van der Waals surface area contributed by atoms with E-state index in [0.29, 0.717) is 56.8 Å². The van der Waals surface area contributed by atoms with Crippen LogP contribution < -0.4 is 26.6 Å². The van der Waals surface area contributed by atoms with Crippen LogP contribution in [0.5, 0.6) is 0 Å². The first-order chi connectivity index (χ1) is 26.5. The van der Waals surface area contributed by atoms with Gasteiger partial charge in [-0.15, -0.1) is 11.8 Å². The minimum Gasteiger partial charge on any atom is -0.378 e. The fraction of sp³-hybridized carbons (Fsp3) is 0.690. The number of likely N-dealkylation sites (tertiary alicyclic amines) is 1. The zero-order valence-electron chi connectivity index (χ0n) is 33.7. The summed E-state index contributed by atoms with van der Waals surface area (Å²) in [6.45, 7) is 13.0. The second-order valence-electron chi connectivity index (χ2n) is 15.2. The molecule has 3 fully saturated rings. The smallest absolute Gasteiger partial charge is 0.246 e. The Kier molecular flexibility index (Phi) is 20.9. The van der Waals surface area contributed by atoms with Crippen molar-refractivity contribution in [3.8, 4) is 0 Å². The quantitative estimate of drug-likeness (QED) is 0.0497. The Bertz CT molecular complexity index is 1370. The van der Waals surface area contributed by atoms with Crippen molar-refractivity contribution in [3.05, 3.63) is 42.6 Å². The van der Waals surface area contributed by atoms with E-state index in [-0.39, 0.29) is 59.2 Å². The number of benzene rings is 1. The largest absolute Gasteiger partial charge is 0.378 e. The summed E-state index contributed by atoms with van der Waals surface area (Å²) in [7, 11) is 0. The Morgan fingerprint density at radius 3 is 2.35 bits per heavy atom. The van der Waals surface area contributed by atoms with Crippen molar-refractivity contribution in [2.75, 3.05) is 24.2 Å². The molecule has 2 heterocycles. The molecule has 3 aliphatic rings. The second kappa shape index (κ2) is 25.0. The molecule has 2 saturated heterocycles. The average Bonchev–Trinajstić information content (AvgIpc) is 3.73. The number of para-hydroxylation sites is 1. The summed E-state index contributed by atoms with van der Waals surface area (Å²) in [4.78, 5) is 65.5. The van der Waals surface area contributed by atoms with E-state index in [4.69, 9.17) is 0 Å². The average molecular weight is 785 g/mol. The molecule has 55 heavy (non-hydrogen) atoms. The summed E-state index contributed by atoms with van der Waals surface area (Å²) in [5.74, 6) is 0.783. The lowest BCUT2D eigenvalue weighted by atomic mass is 9.81. The first-order valence-corrected chi connectivity index (χ1v) is 21.8. The van der Waals surface area contributed by atoms with E-state index in [0.717, 1.165) is 69.2 Å². The number of imide groups is 1. The molecule has 1 aliphatic carbocycles. The Balaban J connectivity index is 0.00000399. The third-order valence-electron chi connectivity index (χ3n) is 10.5. The zero-order valence-corrected chi connectivity index (χ0v) is 34.5. The van der Waals surface area contributed by atoms with Gasteiger partial charge in [0.1, 0.15) is 18.3 Å². The molecule has 13 heteroatoms. The van der Waals surface area contributed by atoms with Gasteiger partial charge in [-0.05, 0) is 108 Å². The topological polar surface area (TPSA) is 169 Å². The van der Waals surface area contributed by atoms with Crippen LogP contribution in [-0.2, 0) is 24.0 Å². The molecule has 6 N–H and O–H groups in total. The number of thioether (sulfide) groups is 1. The molecule has 5 amide bonds. The molecule has 2 aliphatic heterocycles. The maximum Gasteiger partial charge on any atom is 0.246 e. The van der Waals surface area contributed by atoms with Gasteiger partial charge in [0.2, 0.25) is 29.5 Å². The van der Waals surface area contributed by atoms with Gasteiger partial charge in [-0.25, -0.2) is 0 Å². The van der Waals surface area contributed by atoms with E-state index in [9.17, 15) is 29.1 Å². The summed E-state index contributed by atoms with van der Waals surface area (Å²) in [5.41, 5.74) is 1.50. The molecular weight excluding hydrogens is 717 g/mol. The van der Waals surface area contributed by atoms with Crippen LogP contribution in [0.15, 0.2) is 42.6 Å². The van der Waals surface area contributed by atoms with Crippen LogP contribution in [0.3, 0.4) is 0 Å². The Morgan fingerprint density at radius 2 is 1.67 bits per heavy atom. The molecule has 12 nitrogen and oxygen atoms in total. The number of carbonyl (C=O) groups is 5. The van der Waals surface area contributed by atoms with Crippen LogP contribution in [0.2, 0.25) is 0 Å². The van der Waals surface area contributed by atoms with Gasteiger partial charge >= 0.3 is 0 Å². The van der Waals surface area contributed by atoms with Crippen LogP contribution in [0, 0.1) is 11.8 Å². The number of hydrogen-bond acceptors (Lipinski definition) is 9. The predicted octanol–water partition coefficient (Wildman–Crippen LogP) is 5.62. The molecule has 0 bridgehead atoms. The monoisotopic (exact) mass is 784 g/mol. The van der Waals surface area contributed by atoms with Crippen LogP contribution in [0.25, 0.3) is 0 Å². The Labute approximate surface area is 333 Å². The molecule has 1 saturated carbocycles. The van der Waals surface area contributed by atoms with Crippen LogP contribution in [0.1, 0.15) is 124 Å². The molecule has 4 rings (SSSR count). The molecule has 0 aromatic heterocycles. The fourth-order valence-electron chi connectivity index (χ4n) is 7.33. The number of nitrogens with zero attached hydrogens (tertiary/aromatic N) is 1. The van der Waals surface area contributed by atoms with Crippen molar-refractivity contribution in [1.82, 2.24) is 26.2 Å². The SMILES string of the molecule is C=C1CC[C@H](C(=O)N[C@@H](CCCCCSC2CC(=O)N(CCCCCC(=O)NCC3CCC(C(O)NC(C)C)CC3)C2=O)C(=O)Nc2ccccc2)N1.CC. The maximum absolute atomic E-state index is 13.1. The lowest BCUT2D eigenvalue weighted by molar-refractivity contribution is -0.138. The van der Waals surface area contributed by atoms with E-state index in [2.05, 4.69) is 33.2 Å². The fourth-order valence-corrected chi connectivity index (χ4v) is 8.52. The van der Waals surface area contributed by atoms with E-state index in [1.165, 1.54) is 16.7 Å². The minimum absolute atomic E-state index is 0.0436. The van der Waals surface area contributed by atoms with Crippen molar-refractivity contribution in [3.63, 3.8) is 0 Å². The number of unbranched alkanes of at least 4 members (excludes halogenated alkanes) is 4. The number of anilines is 1. The zero-order chi connectivity index (χ0) is 40.2. The first kappa shape index (κ1) is 46.0. The van der Waals surface area contributed by atoms with Crippen molar-refractivity contribution in [2.45, 2.75) is 154 Å². The first-order valence-electron chi connectivity index (χ1n) is 20.8. The molecular formula is C42H68N6O6S. The highest BCUT2D eigenvalue weighted by Crippen LogP contribution is 2.30. The lowest BCUT2D eigenvalue weighted by Gasteiger charge is -2.32. The van der Waals surface area contributed by atoms with Crippen LogP contribution >= 0.6 is 11.8 Å². The number of carbonyl (C=O) groups excluding carboxylic acids is 5. The van der Waals surface area contributed by atoms with Gasteiger partial charge in [-0.2, -0.15) is 0 Å². The summed E-state index contributed by atoms with van der Waals surface area (Å²) in [5, 5.41) is 25.2. The summed E-state index contributed by atoms with van der Waals surface area (Å²) >= 11 is 1.52. The number of hydrogen-bond donors (Lipinski definition) is 6. The van der Waals surface area contributed by atoms with Gasteiger partial charge in [0.15, 0.2) is 0 Å². The van der Waals surface area contributed by atoms with Crippen molar-refractivity contribution in [2.24, 2.45) is 11.8 Å². The lowest BCUT2D eigenvalue weighted by Crippen LogP contribution is -2.49. The summed E-state index contributed by atoms with van der Waals surface area (Å²) in [6.07, 6.45) is 10.5. The standard InChI is InChI=1S/C40H62N6O6S.C2H6/c1-27(2)42-37(49)30-20-18-29(19-21-30)26-41-35(47)16-10-5-11-23-46-36(48)25-34(40(46)52)53-24-12-6-9-15-32(38(50)44-31-13-7-4-8-14-31)45-39(51)33-22-17-28(3)43-33;1-2/h4,7-8,13-14,27,29-30,32-34,37,42-43,49H,3,5-6,9-12,15-26H2,1-2H3,(H,41,47)(H,44,50)(H,45,51);1-2H3/t29?,30?,32-,33+,34?,37?;/m0./s1. The van der Waals surface area contributed by atoms with Gasteiger partial charge in [0.05, 0.1) is 5.25 Å². The number of amides is 5. The van der Waals surface area contributed by atoms with E-state index in [1.54, 1.807) is 0 Å². The molecule has 1 aromatic carbocycles. The van der Waals surface area contributed by atoms with E-state index in [1.807, 2.05) is 58.0 Å². The Hall–Kier alpha value is -3.42. The van der Waals surface area contributed by atoms with Crippen molar-refractivity contribution >= 4 is 47.0 Å². The molecule has 2 unspecified atom stereocenters. The highest BCUT2D eigenvalue weighted by Gasteiger charge is 2.38. The van der Waals surface area contributed by atoms with E-state index >= 15 is 0 Å². The number of aliphatic hydroxyl groups is 1. The third-order valence-corrected chi connectivity index (χ3v) is 11.8. The van der Waals surface area contributed by atoms with Gasteiger partial charge in [-0.1, -0.05) is 57.9 Å². The maximum atomic E-state index is 13.1. The third kappa shape index (κ3) is 16.3. The van der Waals surface area contributed by atoms with Crippen LogP contribution in [0.4, 0.5) is 5.69 Å². The van der Waals surface area contributed by atoms with Crippen molar-refractivity contribution in [1.29, 1.82) is 0 Å². The highest BCUT2D eigenvalue weighted by molar-refractivity contribution is 8.00. The van der Waals surface area contributed by atoms with E-state index < -0.39 is 12.3 Å². The Morgan fingerprint density at radius 1 is 0.964 bits per heavy atom. The number of rotatable bonds is 22. The minimum atomic E-state index is -0.674.